The van der Waals surface area contributed by atoms with E-state index in [2.05, 4.69) is 15.6 Å². The summed E-state index contributed by atoms with van der Waals surface area (Å²) in [5, 5.41) is 6.52. The second kappa shape index (κ2) is 9.50. The fourth-order valence-electron chi connectivity index (χ4n) is 2.24. The van der Waals surface area contributed by atoms with Crippen LogP contribution in [0.4, 0.5) is 0 Å². The standard InChI is InChI=1S/C17H24N4O2/c1-18-17(20-11-9-15-7-6-14-23-15)19-10-3-5-13-21-12-4-2-8-16(21)22/h2,4,6-8,12,14H,3,5,9-11,13H2,1H3,(H2,18,19,20). The van der Waals surface area contributed by atoms with Gasteiger partial charge in [-0.3, -0.25) is 9.79 Å². The van der Waals surface area contributed by atoms with Crippen molar-refractivity contribution >= 4 is 5.96 Å². The van der Waals surface area contributed by atoms with Crippen LogP contribution in [0.5, 0.6) is 0 Å². The van der Waals surface area contributed by atoms with Crippen LogP contribution in [-0.4, -0.2) is 30.7 Å². The predicted octanol–water partition coefficient (Wildman–Crippen LogP) is 1.63. The van der Waals surface area contributed by atoms with Gasteiger partial charge < -0.3 is 19.6 Å². The van der Waals surface area contributed by atoms with E-state index in [9.17, 15) is 4.79 Å². The van der Waals surface area contributed by atoms with E-state index in [0.717, 1.165) is 50.6 Å². The predicted molar refractivity (Wildman–Crippen MR) is 91.7 cm³/mol. The molecule has 0 aliphatic carbocycles. The van der Waals surface area contributed by atoms with Crippen LogP contribution >= 0.6 is 0 Å². The van der Waals surface area contributed by atoms with Gasteiger partial charge in [0.15, 0.2) is 5.96 Å². The molecule has 0 aromatic carbocycles. The summed E-state index contributed by atoms with van der Waals surface area (Å²) in [4.78, 5) is 15.7. The lowest BCUT2D eigenvalue weighted by Crippen LogP contribution is -2.38. The molecular weight excluding hydrogens is 292 g/mol. The number of aliphatic imine (C=N–C) groups is 1. The lowest BCUT2D eigenvalue weighted by Gasteiger charge is -2.11. The molecule has 2 N–H and O–H groups in total. The third-order valence-corrected chi connectivity index (χ3v) is 3.48. The van der Waals surface area contributed by atoms with Crippen molar-refractivity contribution in [3.05, 3.63) is 58.9 Å². The Bertz CT molecular complexity index is 647. The zero-order valence-electron chi connectivity index (χ0n) is 13.5. The first-order chi connectivity index (χ1) is 11.3. The Kier molecular flexibility index (Phi) is 6.97. The first kappa shape index (κ1) is 16.9. The van der Waals surface area contributed by atoms with E-state index in [1.807, 2.05) is 24.4 Å². The van der Waals surface area contributed by atoms with Gasteiger partial charge in [0.1, 0.15) is 5.76 Å². The SMILES string of the molecule is CN=C(NCCCCn1ccccc1=O)NCCc1ccco1. The average molecular weight is 316 g/mol. The fraction of sp³-hybridized carbons (Fsp3) is 0.412. The number of aryl methyl sites for hydroxylation is 1. The molecule has 0 saturated heterocycles. The Hall–Kier alpha value is -2.50. The molecule has 2 aromatic heterocycles. The van der Waals surface area contributed by atoms with E-state index < -0.39 is 0 Å². The van der Waals surface area contributed by atoms with Gasteiger partial charge in [0.25, 0.3) is 0 Å². The van der Waals surface area contributed by atoms with Crippen molar-refractivity contribution in [2.75, 3.05) is 20.1 Å². The molecule has 0 fully saturated rings. The number of unbranched alkanes of at least 4 members (excludes halogenated alkanes) is 1. The summed E-state index contributed by atoms with van der Waals surface area (Å²) in [5.41, 5.74) is 0.0517. The molecular formula is C17H24N4O2. The van der Waals surface area contributed by atoms with E-state index in [-0.39, 0.29) is 5.56 Å². The Balaban J connectivity index is 1.58. The van der Waals surface area contributed by atoms with E-state index >= 15 is 0 Å². The number of rotatable bonds is 8. The van der Waals surface area contributed by atoms with Crippen molar-refractivity contribution in [2.45, 2.75) is 25.8 Å². The maximum atomic E-state index is 11.6. The van der Waals surface area contributed by atoms with E-state index in [1.165, 1.54) is 0 Å². The van der Waals surface area contributed by atoms with E-state index in [1.54, 1.807) is 30.0 Å². The number of guanidine groups is 1. The van der Waals surface area contributed by atoms with Crippen LogP contribution in [0.2, 0.25) is 0 Å². The zero-order chi connectivity index (χ0) is 16.3. The maximum Gasteiger partial charge on any atom is 0.250 e. The van der Waals surface area contributed by atoms with Crippen LogP contribution in [0.3, 0.4) is 0 Å². The molecule has 0 unspecified atom stereocenters. The van der Waals surface area contributed by atoms with Crippen LogP contribution in [0.15, 0.2) is 57.0 Å². The van der Waals surface area contributed by atoms with Gasteiger partial charge in [-0.2, -0.15) is 0 Å². The van der Waals surface area contributed by atoms with Crippen molar-refractivity contribution in [1.82, 2.24) is 15.2 Å². The minimum absolute atomic E-state index is 0.0517. The number of aromatic nitrogens is 1. The summed E-state index contributed by atoms with van der Waals surface area (Å²) >= 11 is 0. The third-order valence-electron chi connectivity index (χ3n) is 3.48. The van der Waals surface area contributed by atoms with Crippen molar-refractivity contribution in [1.29, 1.82) is 0 Å². The van der Waals surface area contributed by atoms with E-state index in [0.29, 0.717) is 0 Å². The lowest BCUT2D eigenvalue weighted by atomic mass is 10.3. The highest BCUT2D eigenvalue weighted by Gasteiger charge is 1.99. The number of hydrogen-bond acceptors (Lipinski definition) is 3. The number of nitrogens with one attached hydrogen (secondary N) is 2. The number of nitrogens with zero attached hydrogens (tertiary/aromatic N) is 2. The van der Waals surface area contributed by atoms with Gasteiger partial charge in [-0.15, -0.1) is 0 Å². The van der Waals surface area contributed by atoms with Gasteiger partial charge in [-0.05, 0) is 31.0 Å². The highest BCUT2D eigenvalue weighted by molar-refractivity contribution is 5.79. The first-order valence-electron chi connectivity index (χ1n) is 7.92. The molecule has 2 aromatic rings. The van der Waals surface area contributed by atoms with Gasteiger partial charge in [-0.25, -0.2) is 0 Å². The van der Waals surface area contributed by atoms with Crippen LogP contribution in [0.25, 0.3) is 0 Å². The van der Waals surface area contributed by atoms with Gasteiger partial charge >= 0.3 is 0 Å². The summed E-state index contributed by atoms with van der Waals surface area (Å²) in [6.45, 7) is 2.33. The molecule has 124 valence electrons. The molecule has 0 saturated carbocycles. The molecule has 6 nitrogen and oxygen atoms in total. The highest BCUT2D eigenvalue weighted by atomic mass is 16.3. The monoisotopic (exact) mass is 316 g/mol. The number of furan rings is 1. The van der Waals surface area contributed by atoms with Crippen molar-refractivity contribution in [3.63, 3.8) is 0 Å². The molecule has 0 atom stereocenters. The summed E-state index contributed by atoms with van der Waals surface area (Å²) in [5.74, 6) is 1.75. The normalized spacial score (nSPS) is 11.4. The molecule has 2 heterocycles. The van der Waals surface area contributed by atoms with Crippen molar-refractivity contribution < 1.29 is 4.42 Å². The number of hydrogen-bond donors (Lipinski definition) is 2. The molecule has 0 radical (unpaired) electrons. The van der Waals surface area contributed by atoms with Crippen LogP contribution < -0.4 is 16.2 Å². The topological polar surface area (TPSA) is 71.6 Å². The van der Waals surface area contributed by atoms with Crippen molar-refractivity contribution in [3.8, 4) is 0 Å². The largest absolute Gasteiger partial charge is 0.469 e. The average Bonchev–Trinajstić information content (AvgIpc) is 3.08. The first-order valence-corrected chi connectivity index (χ1v) is 7.92. The summed E-state index contributed by atoms with van der Waals surface area (Å²) in [7, 11) is 1.76. The molecule has 2 rings (SSSR count). The van der Waals surface area contributed by atoms with Gasteiger partial charge in [-0.1, -0.05) is 6.07 Å². The second-order valence-corrected chi connectivity index (χ2v) is 5.19. The Labute approximate surface area is 136 Å². The minimum Gasteiger partial charge on any atom is -0.469 e. The number of pyridine rings is 1. The smallest absolute Gasteiger partial charge is 0.250 e. The summed E-state index contributed by atoms with van der Waals surface area (Å²) in [6, 6.07) is 9.08. The molecule has 0 aliphatic rings. The van der Waals surface area contributed by atoms with Crippen molar-refractivity contribution in [2.24, 2.45) is 4.99 Å². The fourth-order valence-corrected chi connectivity index (χ4v) is 2.24. The molecule has 0 amide bonds. The quantitative estimate of drug-likeness (QED) is 0.441. The third kappa shape index (κ3) is 6.02. The lowest BCUT2D eigenvalue weighted by molar-refractivity contribution is 0.506. The molecule has 0 aliphatic heterocycles. The second-order valence-electron chi connectivity index (χ2n) is 5.19. The van der Waals surface area contributed by atoms with Gasteiger partial charge in [0, 0.05) is 45.4 Å². The van der Waals surface area contributed by atoms with Gasteiger partial charge in [0.2, 0.25) is 5.56 Å². The summed E-state index contributed by atoms with van der Waals surface area (Å²) < 4.78 is 7.02. The molecule has 0 spiro atoms. The van der Waals surface area contributed by atoms with Crippen LogP contribution in [0.1, 0.15) is 18.6 Å². The maximum absolute atomic E-state index is 11.6. The minimum atomic E-state index is 0.0517. The Morgan fingerprint density at radius 2 is 2.04 bits per heavy atom. The van der Waals surface area contributed by atoms with Crippen LogP contribution in [0, 0.1) is 0 Å². The molecule has 0 bridgehead atoms. The Morgan fingerprint density at radius 3 is 2.78 bits per heavy atom. The Morgan fingerprint density at radius 1 is 1.17 bits per heavy atom. The molecule has 23 heavy (non-hydrogen) atoms. The van der Waals surface area contributed by atoms with Crippen LogP contribution in [-0.2, 0) is 13.0 Å². The molecule has 6 heteroatoms. The highest BCUT2D eigenvalue weighted by Crippen LogP contribution is 1.99. The van der Waals surface area contributed by atoms with Gasteiger partial charge in [0.05, 0.1) is 6.26 Å². The zero-order valence-corrected chi connectivity index (χ0v) is 13.5. The van der Waals surface area contributed by atoms with E-state index in [4.69, 9.17) is 4.42 Å². The summed E-state index contributed by atoms with van der Waals surface area (Å²) in [6.07, 6.45) is 6.25.